The Bertz CT molecular complexity index is 772. The largest absolute Gasteiger partial charge is 0.478 e. The summed E-state index contributed by atoms with van der Waals surface area (Å²) in [5.41, 5.74) is 0.563. The van der Waals surface area contributed by atoms with E-state index < -0.39 is 11.6 Å². The number of fused-ring (bicyclic) bond motifs is 1. The highest BCUT2D eigenvalue weighted by molar-refractivity contribution is 7.18. The summed E-state index contributed by atoms with van der Waals surface area (Å²) in [6, 6.07) is 4.92. The third-order valence-electron chi connectivity index (χ3n) is 3.53. The highest BCUT2D eigenvalue weighted by Gasteiger charge is 2.36. The van der Waals surface area contributed by atoms with Crippen molar-refractivity contribution in [2.24, 2.45) is 0 Å². The van der Waals surface area contributed by atoms with Gasteiger partial charge in [-0.3, -0.25) is 0 Å². The van der Waals surface area contributed by atoms with Crippen molar-refractivity contribution in [3.8, 4) is 0 Å². The molecule has 23 heavy (non-hydrogen) atoms. The summed E-state index contributed by atoms with van der Waals surface area (Å²) in [6.45, 7) is 6.70. The lowest BCUT2D eigenvalue weighted by Crippen LogP contribution is -2.50. The highest BCUT2D eigenvalue weighted by atomic mass is 32.1. The van der Waals surface area contributed by atoms with E-state index in [1.807, 2.05) is 20.8 Å². The second-order valence-electron chi connectivity index (χ2n) is 6.62. The Balaban J connectivity index is 1.69. The first kappa shape index (κ1) is 15.7. The van der Waals surface area contributed by atoms with Crippen LogP contribution in [0.3, 0.4) is 0 Å². The van der Waals surface area contributed by atoms with E-state index in [4.69, 9.17) is 9.84 Å². The van der Waals surface area contributed by atoms with E-state index in [0.717, 1.165) is 15.2 Å². The van der Waals surface area contributed by atoms with Crippen molar-refractivity contribution in [1.82, 2.24) is 9.88 Å². The van der Waals surface area contributed by atoms with Crippen molar-refractivity contribution < 1.29 is 19.4 Å². The molecule has 1 aromatic heterocycles. The summed E-state index contributed by atoms with van der Waals surface area (Å²) in [7, 11) is 0. The van der Waals surface area contributed by atoms with Gasteiger partial charge in [-0.15, -0.1) is 11.3 Å². The Hall–Kier alpha value is -2.15. The quantitative estimate of drug-likeness (QED) is 0.911. The molecule has 0 spiro atoms. The van der Waals surface area contributed by atoms with E-state index >= 15 is 0 Å². The molecule has 7 heteroatoms. The van der Waals surface area contributed by atoms with Crippen LogP contribution in [-0.2, 0) is 4.74 Å². The van der Waals surface area contributed by atoms with Crippen LogP contribution in [0.25, 0.3) is 10.2 Å². The topological polar surface area (TPSA) is 79.7 Å². The molecule has 122 valence electrons. The molecule has 1 amide bonds. The third kappa shape index (κ3) is 3.29. The van der Waals surface area contributed by atoms with E-state index in [2.05, 4.69) is 4.98 Å². The zero-order chi connectivity index (χ0) is 16.8. The van der Waals surface area contributed by atoms with Crippen molar-refractivity contribution in [3.05, 3.63) is 28.8 Å². The maximum absolute atomic E-state index is 11.9. The van der Waals surface area contributed by atoms with Gasteiger partial charge in [-0.05, 0) is 39.0 Å². The van der Waals surface area contributed by atoms with E-state index in [9.17, 15) is 9.59 Å². The van der Waals surface area contributed by atoms with Crippen LogP contribution in [0.15, 0.2) is 18.2 Å². The minimum Gasteiger partial charge on any atom is -0.478 e. The first-order valence-electron chi connectivity index (χ1n) is 7.34. The molecular formula is C16H18N2O4S. The number of thiazole rings is 1. The predicted octanol–water partition coefficient (Wildman–Crippen LogP) is 3.33. The molecule has 3 rings (SSSR count). The van der Waals surface area contributed by atoms with Gasteiger partial charge in [-0.25, -0.2) is 14.6 Å². The van der Waals surface area contributed by atoms with Crippen LogP contribution < -0.4 is 0 Å². The number of hydrogen-bond donors (Lipinski definition) is 1. The number of carboxylic acids is 1. The number of ether oxygens (including phenoxy) is 1. The molecule has 6 nitrogen and oxygen atoms in total. The minimum absolute atomic E-state index is 0.188. The second kappa shape index (κ2) is 5.49. The van der Waals surface area contributed by atoms with Crippen LogP contribution in [-0.4, -0.2) is 45.7 Å². The number of carboxylic acid groups (broad SMARTS) is 1. The van der Waals surface area contributed by atoms with Gasteiger partial charge in [-0.1, -0.05) is 0 Å². The number of carbonyl (C=O) groups excluding carboxylic acids is 1. The number of aromatic nitrogens is 1. The van der Waals surface area contributed by atoms with Crippen molar-refractivity contribution in [1.29, 1.82) is 0 Å². The molecule has 0 atom stereocenters. The minimum atomic E-state index is -0.943. The first-order valence-corrected chi connectivity index (χ1v) is 8.16. The van der Waals surface area contributed by atoms with E-state index in [-0.39, 0.29) is 17.6 Å². The summed E-state index contributed by atoms with van der Waals surface area (Å²) in [6.07, 6.45) is -0.303. The van der Waals surface area contributed by atoms with Crippen LogP contribution in [0.5, 0.6) is 0 Å². The van der Waals surface area contributed by atoms with Crippen LogP contribution in [0.2, 0.25) is 0 Å². The van der Waals surface area contributed by atoms with Crippen LogP contribution in [0.4, 0.5) is 4.79 Å². The fourth-order valence-electron chi connectivity index (χ4n) is 2.36. The molecule has 0 saturated carbocycles. The third-order valence-corrected chi connectivity index (χ3v) is 4.72. The highest BCUT2D eigenvalue weighted by Crippen LogP contribution is 2.34. The Morgan fingerprint density at radius 2 is 2.04 bits per heavy atom. The summed E-state index contributed by atoms with van der Waals surface area (Å²) < 4.78 is 6.19. The van der Waals surface area contributed by atoms with Gasteiger partial charge in [0.2, 0.25) is 0 Å². The summed E-state index contributed by atoms with van der Waals surface area (Å²) in [5.74, 6) is -0.755. The Morgan fingerprint density at radius 1 is 1.35 bits per heavy atom. The number of nitrogens with zero attached hydrogens (tertiary/aromatic N) is 2. The van der Waals surface area contributed by atoms with Gasteiger partial charge >= 0.3 is 12.1 Å². The van der Waals surface area contributed by atoms with Crippen LogP contribution in [0, 0.1) is 0 Å². The molecule has 1 aliphatic rings. The lowest BCUT2D eigenvalue weighted by molar-refractivity contribution is 0.00818. The van der Waals surface area contributed by atoms with Crippen LogP contribution in [0.1, 0.15) is 42.1 Å². The first-order chi connectivity index (χ1) is 10.7. The molecule has 1 fully saturated rings. The zero-order valence-electron chi connectivity index (χ0n) is 13.2. The number of amides is 1. The fourth-order valence-corrected chi connectivity index (χ4v) is 3.45. The Labute approximate surface area is 137 Å². The SMILES string of the molecule is CC(C)(C)OC(=O)N1CC(c2nc3ccc(C(=O)O)cc3s2)C1. The van der Waals surface area contributed by atoms with Crippen molar-refractivity contribution in [3.63, 3.8) is 0 Å². The molecule has 2 heterocycles. The molecule has 1 saturated heterocycles. The molecule has 1 aliphatic heterocycles. The smallest absolute Gasteiger partial charge is 0.410 e. The van der Waals surface area contributed by atoms with E-state index in [1.165, 1.54) is 11.3 Å². The molecule has 2 aromatic rings. The lowest BCUT2D eigenvalue weighted by Gasteiger charge is -2.38. The summed E-state index contributed by atoms with van der Waals surface area (Å²) >= 11 is 1.49. The average Bonchev–Trinajstić information content (AvgIpc) is 2.76. The molecule has 0 unspecified atom stereocenters. The van der Waals surface area contributed by atoms with Gasteiger partial charge in [0, 0.05) is 19.0 Å². The van der Waals surface area contributed by atoms with Crippen molar-refractivity contribution in [2.75, 3.05) is 13.1 Å². The predicted molar refractivity (Wildman–Crippen MR) is 87.1 cm³/mol. The maximum Gasteiger partial charge on any atom is 0.410 e. The second-order valence-corrected chi connectivity index (χ2v) is 7.68. The molecule has 1 N–H and O–H groups in total. The van der Waals surface area contributed by atoms with E-state index in [1.54, 1.807) is 23.1 Å². The summed E-state index contributed by atoms with van der Waals surface area (Å²) in [5, 5.41) is 9.97. The molecule has 1 aromatic carbocycles. The van der Waals surface area contributed by atoms with Gasteiger partial charge in [0.1, 0.15) is 10.6 Å². The lowest BCUT2D eigenvalue weighted by atomic mass is 10.0. The number of hydrogen-bond acceptors (Lipinski definition) is 5. The van der Waals surface area contributed by atoms with Gasteiger partial charge in [0.25, 0.3) is 0 Å². The normalized spacial score (nSPS) is 15.5. The van der Waals surface area contributed by atoms with Crippen molar-refractivity contribution in [2.45, 2.75) is 32.3 Å². The monoisotopic (exact) mass is 334 g/mol. The van der Waals surface area contributed by atoms with Crippen molar-refractivity contribution >= 4 is 33.6 Å². The number of carbonyl (C=O) groups is 2. The zero-order valence-corrected chi connectivity index (χ0v) is 14.0. The number of aromatic carboxylic acids is 1. The van der Waals surface area contributed by atoms with Crippen LogP contribution >= 0.6 is 11.3 Å². The number of likely N-dealkylation sites (tertiary alicyclic amines) is 1. The molecular weight excluding hydrogens is 316 g/mol. The van der Waals surface area contributed by atoms with Gasteiger partial charge < -0.3 is 14.7 Å². The fraction of sp³-hybridized carbons (Fsp3) is 0.438. The molecule has 0 aliphatic carbocycles. The molecule has 0 radical (unpaired) electrons. The van der Waals surface area contributed by atoms with Gasteiger partial charge in [0.15, 0.2) is 0 Å². The Kier molecular flexibility index (Phi) is 3.75. The van der Waals surface area contributed by atoms with E-state index in [0.29, 0.717) is 13.1 Å². The van der Waals surface area contributed by atoms with Gasteiger partial charge in [0.05, 0.1) is 15.8 Å². The molecule has 0 bridgehead atoms. The maximum atomic E-state index is 11.9. The summed E-state index contributed by atoms with van der Waals surface area (Å²) in [4.78, 5) is 29.1. The Morgan fingerprint density at radius 3 is 2.65 bits per heavy atom. The number of benzene rings is 1. The van der Waals surface area contributed by atoms with Gasteiger partial charge in [-0.2, -0.15) is 0 Å². The average molecular weight is 334 g/mol. The standard InChI is InChI=1S/C16H18N2O4S/c1-16(2,3)22-15(21)18-7-10(8-18)13-17-11-5-4-9(14(19)20)6-12(11)23-13/h4-6,10H,7-8H2,1-3H3,(H,19,20). The number of rotatable bonds is 2.